The average Bonchev–Trinajstić information content (AvgIpc) is 1.90. The first-order valence-electron chi connectivity index (χ1n) is 3.56. The molecule has 1 rings (SSSR count). The van der Waals surface area contributed by atoms with E-state index in [1.54, 1.807) is 0 Å². The van der Waals surface area contributed by atoms with Crippen molar-refractivity contribution in [3.8, 4) is 0 Å². The van der Waals surface area contributed by atoms with Crippen LogP contribution in [0.15, 0.2) is 4.99 Å². The van der Waals surface area contributed by atoms with Gasteiger partial charge in [-0.05, 0) is 20.3 Å². The van der Waals surface area contributed by atoms with E-state index in [0.717, 1.165) is 6.54 Å². The highest BCUT2D eigenvalue weighted by atomic mass is 15.2. The Labute approximate surface area is 56.6 Å². The molecule has 0 N–H and O–H groups in total. The molecule has 0 saturated heterocycles. The third-order valence-electron chi connectivity index (χ3n) is 1.60. The number of rotatable bonds is 1. The van der Waals surface area contributed by atoms with Gasteiger partial charge in [0, 0.05) is 19.1 Å². The summed E-state index contributed by atoms with van der Waals surface area (Å²) in [6, 6.07) is 0.619. The molecule has 52 valence electrons. The van der Waals surface area contributed by atoms with Crippen LogP contribution in [0.25, 0.3) is 0 Å². The van der Waals surface area contributed by atoms with Gasteiger partial charge in [0.15, 0.2) is 0 Å². The van der Waals surface area contributed by atoms with Gasteiger partial charge in [-0.3, -0.25) is 4.99 Å². The monoisotopic (exact) mass is 126 g/mol. The number of aliphatic imine (C=N–C) groups is 1. The molecule has 0 saturated carbocycles. The Hall–Kier alpha value is -0.530. The van der Waals surface area contributed by atoms with Crippen LogP contribution < -0.4 is 0 Å². The maximum absolute atomic E-state index is 4.18. The molecule has 0 spiro atoms. The van der Waals surface area contributed by atoms with Crippen molar-refractivity contribution >= 4 is 6.34 Å². The molecular formula is C7H14N2. The molecule has 0 radical (unpaired) electrons. The summed E-state index contributed by atoms with van der Waals surface area (Å²) in [5, 5.41) is 0. The molecule has 1 aliphatic heterocycles. The van der Waals surface area contributed by atoms with E-state index < -0.39 is 0 Å². The van der Waals surface area contributed by atoms with Crippen molar-refractivity contribution in [1.82, 2.24) is 4.90 Å². The van der Waals surface area contributed by atoms with E-state index in [1.165, 1.54) is 13.0 Å². The van der Waals surface area contributed by atoms with Gasteiger partial charge in [-0.1, -0.05) is 0 Å². The van der Waals surface area contributed by atoms with Gasteiger partial charge in [-0.25, -0.2) is 0 Å². The second-order valence-corrected chi connectivity index (χ2v) is 2.71. The Morgan fingerprint density at radius 1 is 1.56 bits per heavy atom. The van der Waals surface area contributed by atoms with Crippen LogP contribution in [0.1, 0.15) is 20.3 Å². The molecule has 2 nitrogen and oxygen atoms in total. The van der Waals surface area contributed by atoms with Crippen LogP contribution >= 0.6 is 0 Å². The number of hydrogen-bond donors (Lipinski definition) is 0. The molecule has 0 aliphatic carbocycles. The van der Waals surface area contributed by atoms with Gasteiger partial charge < -0.3 is 4.90 Å². The Kier molecular flexibility index (Phi) is 2.09. The second-order valence-electron chi connectivity index (χ2n) is 2.71. The van der Waals surface area contributed by atoms with Crippen LogP contribution in [0.4, 0.5) is 0 Å². The summed E-state index contributed by atoms with van der Waals surface area (Å²) in [6.07, 6.45) is 3.18. The molecule has 0 amide bonds. The minimum atomic E-state index is 0.619. The summed E-state index contributed by atoms with van der Waals surface area (Å²) < 4.78 is 0. The fourth-order valence-corrected chi connectivity index (χ4v) is 0.956. The first-order valence-corrected chi connectivity index (χ1v) is 3.56. The predicted molar refractivity (Wildman–Crippen MR) is 39.8 cm³/mol. The third kappa shape index (κ3) is 1.70. The van der Waals surface area contributed by atoms with Crippen molar-refractivity contribution in [2.45, 2.75) is 26.3 Å². The lowest BCUT2D eigenvalue weighted by atomic mass is 10.3. The van der Waals surface area contributed by atoms with Crippen molar-refractivity contribution in [3.05, 3.63) is 0 Å². The molecule has 2 heteroatoms. The summed E-state index contributed by atoms with van der Waals surface area (Å²) >= 11 is 0. The van der Waals surface area contributed by atoms with Crippen molar-refractivity contribution in [1.29, 1.82) is 0 Å². The van der Waals surface area contributed by atoms with Crippen LogP contribution in [-0.2, 0) is 0 Å². The third-order valence-corrected chi connectivity index (χ3v) is 1.60. The normalized spacial score (nSPS) is 19.2. The van der Waals surface area contributed by atoms with Crippen LogP contribution in [-0.4, -0.2) is 30.4 Å². The summed E-state index contributed by atoms with van der Waals surface area (Å²) in [6.45, 7) is 6.58. The fourth-order valence-electron chi connectivity index (χ4n) is 0.956. The molecule has 0 atom stereocenters. The van der Waals surface area contributed by atoms with E-state index in [-0.39, 0.29) is 0 Å². The minimum absolute atomic E-state index is 0.619. The molecule has 9 heavy (non-hydrogen) atoms. The zero-order chi connectivity index (χ0) is 6.69. The number of hydrogen-bond acceptors (Lipinski definition) is 2. The largest absolute Gasteiger partial charge is 0.360 e. The fraction of sp³-hybridized carbons (Fsp3) is 0.857. The van der Waals surface area contributed by atoms with Gasteiger partial charge in [0.1, 0.15) is 0 Å². The topological polar surface area (TPSA) is 15.6 Å². The lowest BCUT2D eigenvalue weighted by Crippen LogP contribution is -2.33. The highest BCUT2D eigenvalue weighted by Gasteiger charge is 2.06. The predicted octanol–water partition coefficient (Wildman–Crippen LogP) is 1.13. The van der Waals surface area contributed by atoms with E-state index >= 15 is 0 Å². The molecule has 0 aromatic carbocycles. The molecule has 0 fully saturated rings. The highest BCUT2D eigenvalue weighted by molar-refractivity contribution is 5.56. The van der Waals surface area contributed by atoms with Crippen LogP contribution in [0.2, 0.25) is 0 Å². The van der Waals surface area contributed by atoms with E-state index in [0.29, 0.717) is 6.04 Å². The van der Waals surface area contributed by atoms with Gasteiger partial charge in [0.25, 0.3) is 0 Å². The SMILES string of the molecule is CC(C)N1C=NCCC1. The smallest absolute Gasteiger partial charge is 0.0852 e. The van der Waals surface area contributed by atoms with Crippen LogP contribution in [0, 0.1) is 0 Å². The van der Waals surface area contributed by atoms with Gasteiger partial charge in [-0.2, -0.15) is 0 Å². The lowest BCUT2D eigenvalue weighted by Gasteiger charge is -2.26. The van der Waals surface area contributed by atoms with Crippen LogP contribution in [0.3, 0.4) is 0 Å². The second kappa shape index (κ2) is 2.85. The standard InChI is InChI=1S/C7H14N2/c1-7(2)9-5-3-4-8-6-9/h6-7H,3-5H2,1-2H3. The summed E-state index contributed by atoms with van der Waals surface area (Å²) in [4.78, 5) is 6.45. The zero-order valence-electron chi connectivity index (χ0n) is 6.17. The molecule has 0 unspecified atom stereocenters. The molecule has 1 aliphatic rings. The van der Waals surface area contributed by atoms with Gasteiger partial charge >= 0.3 is 0 Å². The molecule has 0 aromatic heterocycles. The maximum Gasteiger partial charge on any atom is 0.0852 e. The summed E-state index contributed by atoms with van der Waals surface area (Å²) in [5.74, 6) is 0. The molecular weight excluding hydrogens is 112 g/mol. The van der Waals surface area contributed by atoms with Gasteiger partial charge in [0.05, 0.1) is 6.34 Å². The minimum Gasteiger partial charge on any atom is -0.360 e. The Balaban J connectivity index is 2.40. The van der Waals surface area contributed by atoms with Crippen molar-refractivity contribution in [2.75, 3.05) is 13.1 Å². The lowest BCUT2D eigenvalue weighted by molar-refractivity contribution is 0.343. The van der Waals surface area contributed by atoms with Gasteiger partial charge in [-0.15, -0.1) is 0 Å². The summed E-state index contributed by atoms with van der Waals surface area (Å²) in [7, 11) is 0. The van der Waals surface area contributed by atoms with Crippen molar-refractivity contribution in [2.24, 2.45) is 4.99 Å². The number of nitrogens with zero attached hydrogens (tertiary/aromatic N) is 2. The molecule has 0 bridgehead atoms. The van der Waals surface area contributed by atoms with Crippen molar-refractivity contribution < 1.29 is 0 Å². The highest BCUT2D eigenvalue weighted by Crippen LogP contribution is 2.00. The van der Waals surface area contributed by atoms with Gasteiger partial charge in [0.2, 0.25) is 0 Å². The zero-order valence-corrected chi connectivity index (χ0v) is 6.17. The Bertz CT molecular complexity index is 107. The quantitative estimate of drug-likeness (QED) is 0.514. The Morgan fingerprint density at radius 3 is 2.67 bits per heavy atom. The maximum atomic E-state index is 4.18. The molecule has 1 heterocycles. The first kappa shape index (κ1) is 6.59. The van der Waals surface area contributed by atoms with Crippen LogP contribution in [0.5, 0.6) is 0 Å². The first-order chi connectivity index (χ1) is 4.30. The van der Waals surface area contributed by atoms with E-state index in [2.05, 4.69) is 23.7 Å². The average molecular weight is 126 g/mol. The summed E-state index contributed by atoms with van der Waals surface area (Å²) in [5.41, 5.74) is 0. The van der Waals surface area contributed by atoms with E-state index in [9.17, 15) is 0 Å². The van der Waals surface area contributed by atoms with E-state index in [1.807, 2.05) is 6.34 Å². The molecule has 0 aromatic rings. The Morgan fingerprint density at radius 2 is 2.33 bits per heavy atom. The van der Waals surface area contributed by atoms with Crippen molar-refractivity contribution in [3.63, 3.8) is 0 Å². The van der Waals surface area contributed by atoms with E-state index in [4.69, 9.17) is 0 Å².